The number of ether oxygens (including phenoxy) is 1. The molecule has 1 amide bonds. The first kappa shape index (κ1) is 25.3. The monoisotopic (exact) mass is 474 g/mol. The SMILES string of the molecule is CCOC(=O)CC(=O)N(C)C1CCCN(c2nc3c(c(=O)n(C)c(=O)n3C)n2CC=C(C)C)C1. The van der Waals surface area contributed by atoms with E-state index < -0.39 is 17.2 Å². The summed E-state index contributed by atoms with van der Waals surface area (Å²) in [5.74, 6) is -0.242. The summed E-state index contributed by atoms with van der Waals surface area (Å²) in [4.78, 5) is 58.3. The summed E-state index contributed by atoms with van der Waals surface area (Å²) >= 11 is 0. The number of rotatable bonds is 7. The van der Waals surface area contributed by atoms with Crippen LogP contribution in [0.25, 0.3) is 11.2 Å². The first-order valence-corrected chi connectivity index (χ1v) is 11.5. The van der Waals surface area contributed by atoms with Gasteiger partial charge >= 0.3 is 11.7 Å². The van der Waals surface area contributed by atoms with Crippen LogP contribution in [0.3, 0.4) is 0 Å². The van der Waals surface area contributed by atoms with Gasteiger partial charge in [-0.15, -0.1) is 0 Å². The fourth-order valence-electron chi connectivity index (χ4n) is 4.24. The molecule has 0 aliphatic carbocycles. The molecule has 1 atom stereocenters. The summed E-state index contributed by atoms with van der Waals surface area (Å²) in [6.45, 7) is 7.52. The molecule has 2 aromatic rings. The second kappa shape index (κ2) is 10.3. The molecular formula is C23H34N6O5. The van der Waals surface area contributed by atoms with Crippen LogP contribution in [0, 0.1) is 0 Å². The van der Waals surface area contributed by atoms with Crippen LogP contribution in [0.5, 0.6) is 0 Å². The maximum absolute atomic E-state index is 13.0. The third-order valence-electron chi connectivity index (χ3n) is 6.23. The minimum absolute atomic E-state index is 0.126. The third kappa shape index (κ3) is 4.92. The van der Waals surface area contributed by atoms with Crippen LogP contribution in [-0.2, 0) is 35.0 Å². The van der Waals surface area contributed by atoms with Gasteiger partial charge in [-0.25, -0.2) is 4.79 Å². The number of aryl methyl sites for hydroxylation is 1. The molecule has 3 rings (SSSR count). The lowest BCUT2D eigenvalue weighted by Crippen LogP contribution is -2.49. The van der Waals surface area contributed by atoms with Gasteiger partial charge < -0.3 is 19.1 Å². The average Bonchev–Trinajstić information content (AvgIpc) is 3.19. The predicted octanol–water partition coefficient (Wildman–Crippen LogP) is 0.780. The number of likely N-dealkylation sites (N-methyl/N-ethyl adjacent to an activating group) is 1. The first-order valence-electron chi connectivity index (χ1n) is 11.5. The molecule has 11 nitrogen and oxygen atoms in total. The summed E-state index contributed by atoms with van der Waals surface area (Å²) in [6, 6.07) is -0.126. The maximum Gasteiger partial charge on any atom is 0.332 e. The second-order valence-electron chi connectivity index (χ2n) is 8.91. The standard InChI is InChI=1S/C23H34N6O5/c1-7-34-18(31)13-17(30)25(4)16-9-8-11-28(14-16)22-24-20-19(29(22)12-10-15(2)3)21(32)27(6)23(33)26(20)5/h10,16H,7-9,11-14H2,1-6H3. The number of amides is 1. The van der Waals surface area contributed by atoms with E-state index in [9.17, 15) is 19.2 Å². The highest BCUT2D eigenvalue weighted by Gasteiger charge is 2.30. The highest BCUT2D eigenvalue weighted by atomic mass is 16.5. The van der Waals surface area contributed by atoms with E-state index in [1.807, 2.05) is 29.4 Å². The van der Waals surface area contributed by atoms with Gasteiger partial charge in [0, 0.05) is 46.8 Å². The zero-order valence-corrected chi connectivity index (χ0v) is 20.8. The Balaban J connectivity index is 1.99. The largest absolute Gasteiger partial charge is 0.466 e. The second-order valence-corrected chi connectivity index (χ2v) is 8.91. The van der Waals surface area contributed by atoms with E-state index in [0.29, 0.717) is 36.7 Å². The molecule has 0 saturated carbocycles. The molecule has 3 heterocycles. The van der Waals surface area contributed by atoms with E-state index in [2.05, 4.69) is 0 Å². The van der Waals surface area contributed by atoms with Crippen molar-refractivity contribution >= 4 is 29.0 Å². The van der Waals surface area contributed by atoms with Gasteiger partial charge in [0.1, 0.15) is 6.42 Å². The van der Waals surface area contributed by atoms with Crippen molar-refractivity contribution in [1.29, 1.82) is 0 Å². The Kier molecular flexibility index (Phi) is 7.63. The predicted molar refractivity (Wildman–Crippen MR) is 129 cm³/mol. The molecule has 1 unspecified atom stereocenters. The summed E-state index contributed by atoms with van der Waals surface area (Å²) in [6.07, 6.45) is 3.31. The van der Waals surface area contributed by atoms with Crippen LogP contribution >= 0.6 is 0 Å². The van der Waals surface area contributed by atoms with E-state index in [0.717, 1.165) is 23.0 Å². The van der Waals surface area contributed by atoms with Gasteiger partial charge in [0.2, 0.25) is 11.9 Å². The number of allylic oxidation sites excluding steroid dienone is 2. The van der Waals surface area contributed by atoms with Gasteiger partial charge in [-0.1, -0.05) is 11.6 Å². The smallest absolute Gasteiger partial charge is 0.332 e. The van der Waals surface area contributed by atoms with Crippen molar-refractivity contribution in [2.45, 2.75) is 52.6 Å². The summed E-state index contributed by atoms with van der Waals surface area (Å²) in [7, 11) is 4.76. The molecule has 1 aliphatic rings. The van der Waals surface area contributed by atoms with Crippen molar-refractivity contribution < 1.29 is 14.3 Å². The van der Waals surface area contributed by atoms with E-state index in [4.69, 9.17) is 9.72 Å². The summed E-state index contributed by atoms with van der Waals surface area (Å²) < 4.78 is 9.22. The van der Waals surface area contributed by atoms with E-state index in [1.54, 1.807) is 25.9 Å². The number of nitrogens with zero attached hydrogens (tertiary/aromatic N) is 6. The number of piperidine rings is 1. The van der Waals surface area contributed by atoms with Gasteiger partial charge in [-0.3, -0.25) is 23.5 Å². The van der Waals surface area contributed by atoms with Gasteiger partial charge in [-0.05, 0) is 33.6 Å². The number of fused-ring (bicyclic) bond motifs is 1. The number of hydrogen-bond donors (Lipinski definition) is 0. The highest BCUT2D eigenvalue weighted by Crippen LogP contribution is 2.25. The Labute approximate surface area is 198 Å². The molecule has 0 spiro atoms. The molecule has 0 radical (unpaired) electrons. The van der Waals surface area contributed by atoms with E-state index >= 15 is 0 Å². The first-order chi connectivity index (χ1) is 16.1. The quantitative estimate of drug-likeness (QED) is 0.331. The molecular weight excluding hydrogens is 440 g/mol. The molecule has 0 N–H and O–H groups in total. The zero-order chi connectivity index (χ0) is 25.2. The number of imidazole rings is 1. The number of aromatic nitrogens is 4. The van der Waals surface area contributed by atoms with Crippen LogP contribution in [0.4, 0.5) is 5.95 Å². The van der Waals surface area contributed by atoms with Crippen molar-refractivity contribution in [3.05, 3.63) is 32.5 Å². The van der Waals surface area contributed by atoms with Gasteiger partial charge in [0.25, 0.3) is 5.56 Å². The molecule has 34 heavy (non-hydrogen) atoms. The lowest BCUT2D eigenvalue weighted by molar-refractivity contribution is -0.148. The molecule has 2 aromatic heterocycles. The number of hydrogen-bond acceptors (Lipinski definition) is 7. The number of esters is 1. The van der Waals surface area contributed by atoms with Crippen molar-refractivity contribution in [2.24, 2.45) is 14.1 Å². The Morgan fingerprint density at radius 1 is 1.21 bits per heavy atom. The fraction of sp³-hybridized carbons (Fsp3) is 0.609. The minimum Gasteiger partial charge on any atom is -0.466 e. The Hall–Kier alpha value is -3.37. The number of carbonyl (C=O) groups excluding carboxylic acids is 2. The Morgan fingerprint density at radius 3 is 2.56 bits per heavy atom. The lowest BCUT2D eigenvalue weighted by atomic mass is 10.0. The van der Waals surface area contributed by atoms with Crippen LogP contribution in [-0.4, -0.2) is 68.2 Å². The number of carbonyl (C=O) groups is 2. The van der Waals surface area contributed by atoms with Crippen molar-refractivity contribution in [1.82, 2.24) is 23.6 Å². The van der Waals surface area contributed by atoms with Crippen LogP contribution in [0.1, 0.15) is 40.0 Å². The maximum atomic E-state index is 13.0. The van der Waals surface area contributed by atoms with Crippen LogP contribution in [0.15, 0.2) is 21.2 Å². The van der Waals surface area contributed by atoms with E-state index in [-0.39, 0.29) is 25.0 Å². The molecule has 186 valence electrons. The molecule has 0 bridgehead atoms. The third-order valence-corrected chi connectivity index (χ3v) is 6.23. The summed E-state index contributed by atoms with van der Waals surface area (Å²) in [5.41, 5.74) is 0.964. The molecule has 1 fully saturated rings. The average molecular weight is 475 g/mol. The van der Waals surface area contributed by atoms with Crippen LogP contribution < -0.4 is 16.1 Å². The minimum atomic E-state index is -0.535. The highest BCUT2D eigenvalue weighted by molar-refractivity contribution is 5.94. The summed E-state index contributed by atoms with van der Waals surface area (Å²) in [5, 5.41) is 0. The van der Waals surface area contributed by atoms with Crippen molar-refractivity contribution in [2.75, 3.05) is 31.6 Å². The normalized spacial score (nSPS) is 15.9. The van der Waals surface area contributed by atoms with Gasteiger partial charge in [-0.2, -0.15) is 4.98 Å². The molecule has 0 aromatic carbocycles. The fourth-order valence-corrected chi connectivity index (χ4v) is 4.24. The van der Waals surface area contributed by atoms with Gasteiger partial charge in [0.15, 0.2) is 11.2 Å². The van der Waals surface area contributed by atoms with Gasteiger partial charge in [0.05, 0.1) is 6.61 Å². The van der Waals surface area contributed by atoms with E-state index in [1.165, 1.54) is 11.6 Å². The number of anilines is 1. The Bertz CT molecular complexity index is 1230. The molecule has 1 saturated heterocycles. The Morgan fingerprint density at radius 2 is 1.91 bits per heavy atom. The molecule has 11 heteroatoms. The van der Waals surface area contributed by atoms with Crippen LogP contribution in [0.2, 0.25) is 0 Å². The van der Waals surface area contributed by atoms with Crippen molar-refractivity contribution in [3.8, 4) is 0 Å². The lowest BCUT2D eigenvalue weighted by Gasteiger charge is -2.38. The molecule has 1 aliphatic heterocycles. The topological polar surface area (TPSA) is 112 Å². The van der Waals surface area contributed by atoms with Crippen molar-refractivity contribution in [3.63, 3.8) is 0 Å². The zero-order valence-electron chi connectivity index (χ0n) is 20.8.